The first-order valence-electron chi connectivity index (χ1n) is 6.39. The molecule has 1 fully saturated rings. The highest BCUT2D eigenvalue weighted by Gasteiger charge is 2.45. The highest BCUT2D eigenvalue weighted by Crippen LogP contribution is 2.47. The van der Waals surface area contributed by atoms with Crippen molar-refractivity contribution in [3.63, 3.8) is 0 Å². The van der Waals surface area contributed by atoms with Crippen molar-refractivity contribution in [1.29, 1.82) is 0 Å². The number of carbonyl (C=O) groups is 1. The Hall–Kier alpha value is -1.30. The molecular weight excluding hydrogens is 298 g/mol. The van der Waals surface area contributed by atoms with Crippen molar-refractivity contribution in [3.05, 3.63) is 45.5 Å². The van der Waals surface area contributed by atoms with Crippen molar-refractivity contribution < 1.29 is 14.3 Å². The van der Waals surface area contributed by atoms with E-state index in [1.165, 1.54) is 11.3 Å². The molecule has 0 spiro atoms. The first kappa shape index (κ1) is 13.7. The molecule has 1 aliphatic carbocycles. The maximum Gasteiger partial charge on any atom is 0.223 e. The number of nitrogens with one attached hydrogen (secondary N) is 1. The largest absolute Gasteiger partial charge is 0.469 e. The smallest absolute Gasteiger partial charge is 0.223 e. The quantitative estimate of drug-likeness (QED) is 0.892. The van der Waals surface area contributed by atoms with Crippen LogP contribution in [0.25, 0.3) is 0 Å². The highest BCUT2D eigenvalue weighted by molar-refractivity contribution is 7.16. The summed E-state index contributed by atoms with van der Waals surface area (Å²) in [5, 5.41) is 12.7. The molecule has 1 amide bonds. The number of aliphatic hydroxyl groups is 1. The van der Waals surface area contributed by atoms with Crippen LogP contribution >= 0.6 is 22.9 Å². The van der Waals surface area contributed by atoms with Crippen LogP contribution in [0.15, 0.2) is 34.9 Å². The van der Waals surface area contributed by atoms with Crippen molar-refractivity contribution in [2.45, 2.75) is 18.4 Å². The van der Waals surface area contributed by atoms with Gasteiger partial charge in [0.05, 0.1) is 10.6 Å². The van der Waals surface area contributed by atoms with Gasteiger partial charge in [-0.25, -0.2) is 0 Å². The van der Waals surface area contributed by atoms with Crippen LogP contribution in [0.5, 0.6) is 0 Å². The van der Waals surface area contributed by atoms with Crippen LogP contribution in [0, 0.1) is 5.92 Å². The minimum absolute atomic E-state index is 0.0342. The normalized spacial score (nSPS) is 22.5. The van der Waals surface area contributed by atoms with E-state index in [1.54, 1.807) is 18.4 Å². The summed E-state index contributed by atoms with van der Waals surface area (Å²) in [5.41, 5.74) is 0. The second-order valence-electron chi connectivity index (χ2n) is 4.87. The summed E-state index contributed by atoms with van der Waals surface area (Å²) in [6, 6.07) is 7.22. The SMILES string of the molecule is O=C(NC[C@H](O)c1ccc(Cl)s1)[C@H]1C[C@H]1c1ccco1. The third-order valence-electron chi connectivity index (χ3n) is 3.43. The number of halogens is 1. The van der Waals surface area contributed by atoms with E-state index in [1.807, 2.05) is 12.1 Å². The average Bonchev–Trinajstić information content (AvgIpc) is 2.87. The van der Waals surface area contributed by atoms with E-state index < -0.39 is 6.10 Å². The molecule has 0 unspecified atom stereocenters. The molecule has 4 nitrogen and oxygen atoms in total. The van der Waals surface area contributed by atoms with Crippen LogP contribution in [0.1, 0.15) is 29.1 Å². The lowest BCUT2D eigenvalue weighted by Gasteiger charge is -2.09. The summed E-state index contributed by atoms with van der Waals surface area (Å²) < 4.78 is 5.92. The summed E-state index contributed by atoms with van der Waals surface area (Å²) in [6.45, 7) is 0.205. The van der Waals surface area contributed by atoms with E-state index in [9.17, 15) is 9.90 Å². The Bertz CT molecular complexity index is 595. The lowest BCUT2D eigenvalue weighted by Crippen LogP contribution is -2.29. The molecule has 0 radical (unpaired) electrons. The molecule has 6 heteroatoms. The van der Waals surface area contributed by atoms with Gasteiger partial charge in [-0.3, -0.25) is 4.79 Å². The van der Waals surface area contributed by atoms with Gasteiger partial charge in [-0.2, -0.15) is 0 Å². The van der Waals surface area contributed by atoms with Gasteiger partial charge < -0.3 is 14.8 Å². The minimum atomic E-state index is -0.711. The fourth-order valence-corrected chi connectivity index (χ4v) is 3.28. The molecule has 2 heterocycles. The number of hydrogen-bond donors (Lipinski definition) is 2. The number of furan rings is 1. The molecule has 20 heavy (non-hydrogen) atoms. The third kappa shape index (κ3) is 2.90. The van der Waals surface area contributed by atoms with Gasteiger partial charge in [-0.1, -0.05) is 11.6 Å². The molecule has 106 valence electrons. The van der Waals surface area contributed by atoms with Crippen molar-refractivity contribution in [2.24, 2.45) is 5.92 Å². The van der Waals surface area contributed by atoms with Crippen LogP contribution in [0.4, 0.5) is 0 Å². The van der Waals surface area contributed by atoms with Crippen LogP contribution in [0.3, 0.4) is 0 Å². The first-order valence-corrected chi connectivity index (χ1v) is 7.59. The summed E-state index contributed by atoms with van der Waals surface area (Å²) >= 11 is 7.13. The Morgan fingerprint density at radius 1 is 1.55 bits per heavy atom. The predicted molar refractivity (Wildman–Crippen MR) is 76.9 cm³/mol. The maximum absolute atomic E-state index is 12.0. The second kappa shape index (κ2) is 5.60. The Kier molecular flexibility index (Phi) is 3.83. The number of amides is 1. The van der Waals surface area contributed by atoms with Crippen molar-refractivity contribution in [3.8, 4) is 0 Å². The van der Waals surface area contributed by atoms with Crippen molar-refractivity contribution in [1.82, 2.24) is 5.32 Å². The summed E-state index contributed by atoms with van der Waals surface area (Å²) in [6.07, 6.45) is 1.71. The van der Waals surface area contributed by atoms with E-state index in [-0.39, 0.29) is 24.3 Å². The lowest BCUT2D eigenvalue weighted by atomic mass is 10.2. The lowest BCUT2D eigenvalue weighted by molar-refractivity contribution is -0.122. The van der Waals surface area contributed by atoms with Gasteiger partial charge in [0.25, 0.3) is 0 Å². The molecule has 3 rings (SSSR count). The minimum Gasteiger partial charge on any atom is -0.469 e. The molecule has 2 aromatic heterocycles. The average molecular weight is 312 g/mol. The zero-order valence-electron chi connectivity index (χ0n) is 10.6. The molecule has 2 aromatic rings. The van der Waals surface area contributed by atoms with Gasteiger partial charge in [-0.05, 0) is 30.7 Å². The van der Waals surface area contributed by atoms with E-state index in [4.69, 9.17) is 16.0 Å². The van der Waals surface area contributed by atoms with Crippen LogP contribution in [0.2, 0.25) is 4.34 Å². The topological polar surface area (TPSA) is 62.5 Å². The number of rotatable bonds is 5. The molecule has 0 aromatic carbocycles. The van der Waals surface area contributed by atoms with Crippen LogP contribution in [-0.2, 0) is 4.79 Å². The molecule has 1 aliphatic rings. The van der Waals surface area contributed by atoms with E-state index in [0.29, 0.717) is 4.34 Å². The van der Waals surface area contributed by atoms with Gasteiger partial charge in [0.15, 0.2) is 0 Å². The van der Waals surface area contributed by atoms with Crippen molar-refractivity contribution >= 4 is 28.8 Å². The molecule has 2 N–H and O–H groups in total. The Balaban J connectivity index is 1.49. The van der Waals surface area contributed by atoms with E-state index in [0.717, 1.165) is 17.1 Å². The zero-order valence-corrected chi connectivity index (χ0v) is 12.2. The number of thiophene rings is 1. The first-order chi connectivity index (χ1) is 9.65. The van der Waals surface area contributed by atoms with Gasteiger partial charge in [0.1, 0.15) is 11.9 Å². The van der Waals surface area contributed by atoms with Gasteiger partial charge in [0, 0.05) is 23.3 Å². The summed E-state index contributed by atoms with van der Waals surface area (Å²) in [5.74, 6) is 0.961. The standard InChI is InChI=1S/C14H14ClNO3S/c15-13-4-3-12(20-13)10(17)7-16-14(18)9-6-8(9)11-2-1-5-19-11/h1-5,8-10,17H,6-7H2,(H,16,18)/t8-,9+,10+/m1/s1. The van der Waals surface area contributed by atoms with E-state index in [2.05, 4.69) is 5.32 Å². The highest BCUT2D eigenvalue weighted by atomic mass is 35.5. The van der Waals surface area contributed by atoms with Crippen LogP contribution < -0.4 is 5.32 Å². The maximum atomic E-state index is 12.0. The number of hydrogen-bond acceptors (Lipinski definition) is 4. The van der Waals surface area contributed by atoms with E-state index >= 15 is 0 Å². The number of aliphatic hydroxyl groups excluding tert-OH is 1. The molecule has 0 saturated heterocycles. The monoisotopic (exact) mass is 311 g/mol. The van der Waals surface area contributed by atoms with Gasteiger partial charge >= 0.3 is 0 Å². The molecule has 0 aliphatic heterocycles. The predicted octanol–water partition coefficient (Wildman–Crippen LogP) is 2.95. The van der Waals surface area contributed by atoms with Gasteiger partial charge in [0.2, 0.25) is 5.91 Å². The Morgan fingerprint density at radius 3 is 3.05 bits per heavy atom. The second-order valence-corrected chi connectivity index (χ2v) is 6.61. The Morgan fingerprint density at radius 2 is 2.40 bits per heavy atom. The van der Waals surface area contributed by atoms with Crippen molar-refractivity contribution in [2.75, 3.05) is 6.54 Å². The molecule has 3 atom stereocenters. The third-order valence-corrected chi connectivity index (χ3v) is 4.76. The number of carbonyl (C=O) groups excluding carboxylic acids is 1. The van der Waals surface area contributed by atoms with Gasteiger partial charge in [-0.15, -0.1) is 11.3 Å². The fourth-order valence-electron chi connectivity index (χ4n) is 2.24. The fraction of sp³-hybridized carbons (Fsp3) is 0.357. The molecule has 1 saturated carbocycles. The molecule has 0 bridgehead atoms. The summed E-state index contributed by atoms with van der Waals surface area (Å²) in [4.78, 5) is 12.7. The van der Waals surface area contributed by atoms with Crippen LogP contribution in [-0.4, -0.2) is 17.6 Å². The zero-order chi connectivity index (χ0) is 14.1. The summed E-state index contributed by atoms with van der Waals surface area (Å²) in [7, 11) is 0. The Labute approximate surface area is 125 Å². The molecular formula is C14H14ClNO3S.